The smallest absolute Gasteiger partial charge is 0.191 e. The van der Waals surface area contributed by atoms with E-state index in [4.69, 9.17) is 14.5 Å². The first-order valence-corrected chi connectivity index (χ1v) is 10.6. The first-order valence-electron chi connectivity index (χ1n) is 9.78. The number of halogens is 1. The van der Waals surface area contributed by atoms with E-state index in [0.717, 1.165) is 67.1 Å². The van der Waals surface area contributed by atoms with Gasteiger partial charge >= 0.3 is 0 Å². The zero-order valence-corrected chi connectivity index (χ0v) is 20.9. The number of hydrogen-bond acceptors (Lipinski definition) is 5. The molecule has 1 aromatic carbocycles. The molecule has 2 rings (SSSR count). The van der Waals surface area contributed by atoms with E-state index >= 15 is 0 Å². The Hall–Kier alpha value is -1.39. The maximum absolute atomic E-state index is 5.40. The SMILES string of the molecule is CCOCCCNC(=NCc1ccc(OC)cc1)NCCc1nc(C)c(C)s1.I. The van der Waals surface area contributed by atoms with E-state index in [0.29, 0.717) is 6.54 Å². The molecule has 0 aliphatic heterocycles. The van der Waals surface area contributed by atoms with Gasteiger partial charge in [-0.15, -0.1) is 35.3 Å². The molecule has 6 nitrogen and oxygen atoms in total. The number of benzene rings is 1. The highest BCUT2D eigenvalue weighted by Crippen LogP contribution is 2.16. The molecular formula is C21H33IN4O2S. The Morgan fingerprint density at radius 1 is 1.14 bits per heavy atom. The standard InChI is InChI=1S/C21H32N4O2S.HI/c1-5-27-14-6-12-22-21(23-13-11-20-25-16(2)17(3)28-20)24-15-18-7-9-19(26-4)10-8-18;/h7-10H,5-6,11-15H2,1-4H3,(H2,22,23,24);1H. The third-order valence-electron chi connectivity index (χ3n) is 4.24. The number of ether oxygens (including phenoxy) is 2. The highest BCUT2D eigenvalue weighted by molar-refractivity contribution is 14.0. The average Bonchev–Trinajstić information content (AvgIpc) is 3.03. The van der Waals surface area contributed by atoms with Crippen LogP contribution in [0.25, 0.3) is 0 Å². The molecular weight excluding hydrogens is 499 g/mol. The molecule has 8 heteroatoms. The summed E-state index contributed by atoms with van der Waals surface area (Å²) in [5.74, 6) is 1.67. The molecule has 0 unspecified atom stereocenters. The summed E-state index contributed by atoms with van der Waals surface area (Å²) >= 11 is 1.77. The molecule has 1 aromatic heterocycles. The Labute approximate surface area is 195 Å². The zero-order chi connectivity index (χ0) is 20.2. The number of aliphatic imine (C=N–C) groups is 1. The minimum Gasteiger partial charge on any atom is -0.497 e. The molecule has 29 heavy (non-hydrogen) atoms. The summed E-state index contributed by atoms with van der Waals surface area (Å²) in [5.41, 5.74) is 2.27. The highest BCUT2D eigenvalue weighted by Gasteiger charge is 2.05. The molecule has 0 saturated carbocycles. The van der Waals surface area contributed by atoms with Gasteiger partial charge in [-0.25, -0.2) is 9.98 Å². The van der Waals surface area contributed by atoms with E-state index in [2.05, 4.69) is 29.5 Å². The molecule has 0 amide bonds. The van der Waals surface area contributed by atoms with Crippen molar-refractivity contribution in [3.05, 3.63) is 45.4 Å². The second-order valence-corrected chi connectivity index (χ2v) is 7.70. The van der Waals surface area contributed by atoms with Crippen LogP contribution in [0.4, 0.5) is 0 Å². The molecule has 162 valence electrons. The largest absolute Gasteiger partial charge is 0.497 e. The number of thiazole rings is 1. The molecule has 0 fully saturated rings. The van der Waals surface area contributed by atoms with Crippen molar-refractivity contribution in [1.82, 2.24) is 15.6 Å². The van der Waals surface area contributed by atoms with E-state index in [1.54, 1.807) is 18.4 Å². The Kier molecular flexibility index (Phi) is 12.9. The van der Waals surface area contributed by atoms with Gasteiger partial charge in [0.25, 0.3) is 0 Å². The normalized spacial score (nSPS) is 11.1. The van der Waals surface area contributed by atoms with Crippen molar-refractivity contribution in [3.63, 3.8) is 0 Å². The number of guanidine groups is 1. The van der Waals surface area contributed by atoms with Crippen LogP contribution >= 0.6 is 35.3 Å². The number of aromatic nitrogens is 1. The number of methoxy groups -OCH3 is 1. The molecule has 1 heterocycles. The molecule has 2 N–H and O–H groups in total. The lowest BCUT2D eigenvalue weighted by atomic mass is 10.2. The number of hydrogen-bond donors (Lipinski definition) is 2. The number of rotatable bonds is 11. The van der Waals surface area contributed by atoms with Crippen molar-refractivity contribution in [2.75, 3.05) is 33.4 Å². The quantitative estimate of drug-likeness (QED) is 0.198. The lowest BCUT2D eigenvalue weighted by Crippen LogP contribution is -2.39. The fourth-order valence-electron chi connectivity index (χ4n) is 2.53. The van der Waals surface area contributed by atoms with Crippen LogP contribution in [0.1, 0.15) is 34.5 Å². The average molecular weight is 532 g/mol. The van der Waals surface area contributed by atoms with E-state index in [9.17, 15) is 0 Å². The van der Waals surface area contributed by atoms with Crippen LogP contribution < -0.4 is 15.4 Å². The van der Waals surface area contributed by atoms with Gasteiger partial charge in [-0.05, 0) is 44.9 Å². The summed E-state index contributed by atoms with van der Waals surface area (Å²) < 4.78 is 10.6. The Bertz CT molecular complexity index is 715. The van der Waals surface area contributed by atoms with Gasteiger partial charge in [0, 0.05) is 37.6 Å². The Balaban J connectivity index is 0.00000420. The van der Waals surface area contributed by atoms with Gasteiger partial charge in [-0.1, -0.05) is 12.1 Å². The molecule has 0 saturated heterocycles. The minimum atomic E-state index is 0. The van der Waals surface area contributed by atoms with E-state index in [-0.39, 0.29) is 24.0 Å². The predicted octanol–water partition coefficient (Wildman–Crippen LogP) is 4.09. The van der Waals surface area contributed by atoms with Crippen LogP contribution in [0.5, 0.6) is 5.75 Å². The van der Waals surface area contributed by atoms with E-state index < -0.39 is 0 Å². The van der Waals surface area contributed by atoms with Crippen LogP contribution in [0, 0.1) is 13.8 Å². The van der Waals surface area contributed by atoms with Gasteiger partial charge in [0.1, 0.15) is 5.75 Å². The molecule has 0 aliphatic rings. The van der Waals surface area contributed by atoms with Crippen LogP contribution in [-0.4, -0.2) is 44.4 Å². The fourth-order valence-corrected chi connectivity index (χ4v) is 3.47. The van der Waals surface area contributed by atoms with Gasteiger partial charge in [0.15, 0.2) is 5.96 Å². The molecule has 0 aliphatic carbocycles. The third kappa shape index (κ3) is 9.77. The summed E-state index contributed by atoms with van der Waals surface area (Å²) in [6.07, 6.45) is 1.84. The van der Waals surface area contributed by atoms with Gasteiger partial charge in [0.05, 0.1) is 24.4 Å². The summed E-state index contributed by atoms with van der Waals surface area (Å²) in [5, 5.41) is 7.97. The summed E-state index contributed by atoms with van der Waals surface area (Å²) in [6.45, 7) is 9.93. The Morgan fingerprint density at radius 2 is 1.86 bits per heavy atom. The third-order valence-corrected chi connectivity index (χ3v) is 5.38. The maximum Gasteiger partial charge on any atom is 0.191 e. The molecule has 0 radical (unpaired) electrons. The number of aryl methyl sites for hydroxylation is 2. The first kappa shape index (κ1) is 25.6. The van der Waals surface area contributed by atoms with Crippen molar-refractivity contribution in [2.45, 2.75) is 40.2 Å². The van der Waals surface area contributed by atoms with Gasteiger partial charge in [0.2, 0.25) is 0 Å². The predicted molar refractivity (Wildman–Crippen MR) is 132 cm³/mol. The maximum atomic E-state index is 5.40. The topological polar surface area (TPSA) is 67.8 Å². The van der Waals surface area contributed by atoms with Crippen molar-refractivity contribution in [1.29, 1.82) is 0 Å². The fraction of sp³-hybridized carbons (Fsp3) is 0.524. The monoisotopic (exact) mass is 532 g/mol. The molecule has 0 bridgehead atoms. The van der Waals surface area contributed by atoms with Crippen LogP contribution in [0.2, 0.25) is 0 Å². The summed E-state index contributed by atoms with van der Waals surface area (Å²) in [4.78, 5) is 10.6. The first-order chi connectivity index (χ1) is 13.6. The number of nitrogens with zero attached hydrogens (tertiary/aromatic N) is 2. The van der Waals surface area contributed by atoms with Crippen LogP contribution in [0.3, 0.4) is 0 Å². The van der Waals surface area contributed by atoms with Crippen LogP contribution in [0.15, 0.2) is 29.3 Å². The van der Waals surface area contributed by atoms with Crippen molar-refractivity contribution in [2.24, 2.45) is 4.99 Å². The molecule has 0 spiro atoms. The van der Waals surface area contributed by atoms with E-state index in [1.165, 1.54) is 4.88 Å². The van der Waals surface area contributed by atoms with Gasteiger partial charge in [-0.3, -0.25) is 0 Å². The van der Waals surface area contributed by atoms with Crippen molar-refractivity contribution < 1.29 is 9.47 Å². The molecule has 0 atom stereocenters. The van der Waals surface area contributed by atoms with Gasteiger partial charge < -0.3 is 20.1 Å². The van der Waals surface area contributed by atoms with E-state index in [1.807, 2.05) is 31.2 Å². The number of nitrogens with one attached hydrogen (secondary N) is 2. The van der Waals surface area contributed by atoms with Crippen molar-refractivity contribution >= 4 is 41.3 Å². The van der Waals surface area contributed by atoms with Crippen LogP contribution in [-0.2, 0) is 17.7 Å². The zero-order valence-electron chi connectivity index (χ0n) is 17.8. The lowest BCUT2D eigenvalue weighted by molar-refractivity contribution is 0.145. The second kappa shape index (κ2) is 14.6. The van der Waals surface area contributed by atoms with Crippen molar-refractivity contribution in [3.8, 4) is 5.75 Å². The summed E-state index contributed by atoms with van der Waals surface area (Å²) in [7, 11) is 1.67. The van der Waals surface area contributed by atoms with Gasteiger partial charge in [-0.2, -0.15) is 0 Å². The summed E-state index contributed by atoms with van der Waals surface area (Å²) in [6, 6.07) is 7.99. The lowest BCUT2D eigenvalue weighted by Gasteiger charge is -2.12. The molecule has 2 aromatic rings. The minimum absolute atomic E-state index is 0. The second-order valence-electron chi connectivity index (χ2n) is 6.42. The Morgan fingerprint density at radius 3 is 2.48 bits per heavy atom. The highest BCUT2D eigenvalue weighted by atomic mass is 127.